The maximum Gasteiger partial charge on any atom is 0.323 e. The van der Waals surface area contributed by atoms with Crippen molar-refractivity contribution in [1.29, 1.82) is 0 Å². The van der Waals surface area contributed by atoms with Gasteiger partial charge in [0, 0.05) is 17.1 Å². The van der Waals surface area contributed by atoms with E-state index >= 15 is 0 Å². The fraction of sp³-hybridized carbons (Fsp3) is 0.111. The predicted molar refractivity (Wildman–Crippen MR) is 94.8 cm³/mol. The van der Waals surface area contributed by atoms with Gasteiger partial charge in [0.15, 0.2) is 0 Å². The first kappa shape index (κ1) is 16.5. The zero-order valence-corrected chi connectivity index (χ0v) is 13.4. The summed E-state index contributed by atoms with van der Waals surface area (Å²) in [6, 6.07) is 12.0. The summed E-state index contributed by atoms with van der Waals surface area (Å²) >= 11 is 0. The number of ether oxygens (including phenoxy) is 1. The van der Waals surface area contributed by atoms with Gasteiger partial charge >= 0.3 is 6.03 Å². The van der Waals surface area contributed by atoms with Crippen molar-refractivity contribution in [3.8, 4) is 5.75 Å². The highest BCUT2D eigenvalue weighted by Crippen LogP contribution is 2.24. The van der Waals surface area contributed by atoms with Gasteiger partial charge in [-0.1, -0.05) is 12.1 Å². The lowest BCUT2D eigenvalue weighted by atomic mass is 10.2. The van der Waals surface area contributed by atoms with E-state index in [-0.39, 0.29) is 11.2 Å². The van der Waals surface area contributed by atoms with E-state index in [0.717, 1.165) is 6.07 Å². The number of urea groups is 1. The Bertz CT molecular complexity index is 985. The number of halogens is 1. The molecule has 3 aromatic rings. The lowest BCUT2D eigenvalue weighted by Crippen LogP contribution is -2.20. The quantitative estimate of drug-likeness (QED) is 0.676. The van der Waals surface area contributed by atoms with Gasteiger partial charge in [0.25, 0.3) is 0 Å². The smallest absolute Gasteiger partial charge is 0.323 e. The zero-order valence-electron chi connectivity index (χ0n) is 13.4. The summed E-state index contributed by atoms with van der Waals surface area (Å²) in [5.41, 5.74) is 0.480. The number of nitrogens with one attached hydrogen (secondary N) is 3. The minimum Gasteiger partial charge on any atom is -0.492 e. The molecule has 6 nitrogen and oxygen atoms in total. The Balaban J connectivity index is 1.81. The van der Waals surface area contributed by atoms with Gasteiger partial charge in [-0.15, -0.1) is 0 Å². The second-order valence-corrected chi connectivity index (χ2v) is 5.25. The molecule has 2 amide bonds. The van der Waals surface area contributed by atoms with Gasteiger partial charge in [-0.05, 0) is 37.3 Å². The van der Waals surface area contributed by atoms with E-state index < -0.39 is 17.4 Å². The number of pyridine rings is 1. The average Bonchev–Trinajstić information content (AvgIpc) is 2.57. The first-order chi connectivity index (χ1) is 12.1. The third-order valence-electron chi connectivity index (χ3n) is 3.48. The third-order valence-corrected chi connectivity index (χ3v) is 3.48. The van der Waals surface area contributed by atoms with Crippen molar-refractivity contribution in [2.24, 2.45) is 0 Å². The summed E-state index contributed by atoms with van der Waals surface area (Å²) in [6.45, 7) is 2.31. The lowest BCUT2D eigenvalue weighted by molar-refractivity contribution is 0.262. The largest absolute Gasteiger partial charge is 0.492 e. The monoisotopic (exact) mass is 341 g/mol. The summed E-state index contributed by atoms with van der Waals surface area (Å²) in [5, 5.41) is 5.71. The molecule has 0 saturated carbocycles. The zero-order chi connectivity index (χ0) is 17.8. The van der Waals surface area contributed by atoms with Crippen LogP contribution in [0, 0.1) is 5.82 Å². The van der Waals surface area contributed by atoms with Gasteiger partial charge in [-0.25, -0.2) is 9.18 Å². The normalized spacial score (nSPS) is 10.5. The molecule has 1 heterocycles. The highest BCUT2D eigenvalue weighted by molar-refractivity contribution is 6.01. The van der Waals surface area contributed by atoms with E-state index in [2.05, 4.69) is 15.6 Å². The van der Waals surface area contributed by atoms with E-state index in [0.29, 0.717) is 23.4 Å². The molecule has 0 bridgehead atoms. The van der Waals surface area contributed by atoms with Crippen LogP contribution in [0.1, 0.15) is 6.92 Å². The van der Waals surface area contributed by atoms with Crippen LogP contribution in [0.3, 0.4) is 0 Å². The maximum atomic E-state index is 14.1. The van der Waals surface area contributed by atoms with Crippen LogP contribution in [0.15, 0.2) is 53.3 Å². The molecular formula is C18H16FN3O3. The minimum atomic E-state index is -0.625. The van der Waals surface area contributed by atoms with Crippen molar-refractivity contribution in [2.45, 2.75) is 6.92 Å². The molecule has 128 valence electrons. The van der Waals surface area contributed by atoms with Crippen LogP contribution in [0.4, 0.5) is 20.6 Å². The van der Waals surface area contributed by atoms with Crippen molar-refractivity contribution in [2.75, 3.05) is 17.2 Å². The number of amides is 2. The molecule has 7 heteroatoms. The number of aromatic amines is 1. The molecular weight excluding hydrogens is 325 g/mol. The molecule has 3 N–H and O–H groups in total. The molecule has 0 unspecified atom stereocenters. The molecule has 0 fully saturated rings. The highest BCUT2D eigenvalue weighted by Gasteiger charge is 2.10. The molecule has 25 heavy (non-hydrogen) atoms. The Labute approximate surface area is 142 Å². The van der Waals surface area contributed by atoms with Crippen LogP contribution in [0.25, 0.3) is 10.9 Å². The van der Waals surface area contributed by atoms with Crippen molar-refractivity contribution >= 4 is 28.3 Å². The number of benzene rings is 2. The molecule has 0 saturated heterocycles. The standard InChI is InChI=1S/C18H16FN3O3/c1-2-25-15-6-4-3-5-14(15)21-18(24)20-12-9-11-7-8-16(23)22-17(11)13(19)10-12/h3-10H,2H2,1H3,(H,22,23)(H2,20,21,24). The van der Waals surface area contributed by atoms with Crippen LogP contribution < -0.4 is 20.9 Å². The lowest BCUT2D eigenvalue weighted by Gasteiger charge is -2.12. The number of H-pyrrole nitrogens is 1. The third kappa shape index (κ3) is 3.77. The fourth-order valence-corrected chi connectivity index (χ4v) is 2.43. The summed E-state index contributed by atoms with van der Waals surface area (Å²) < 4.78 is 19.5. The van der Waals surface area contributed by atoms with E-state index in [1.807, 2.05) is 6.92 Å². The molecule has 0 radical (unpaired) electrons. The molecule has 0 aliphatic rings. The van der Waals surface area contributed by atoms with Gasteiger partial charge in [0.1, 0.15) is 11.6 Å². The number of rotatable bonds is 4. The number of hydrogen-bond donors (Lipinski definition) is 3. The Morgan fingerprint density at radius 1 is 1.16 bits per heavy atom. The van der Waals surface area contributed by atoms with Crippen LogP contribution >= 0.6 is 0 Å². The SMILES string of the molecule is CCOc1ccccc1NC(=O)Nc1cc(F)c2[nH]c(=O)ccc2c1. The number of anilines is 2. The topological polar surface area (TPSA) is 83.2 Å². The summed E-state index contributed by atoms with van der Waals surface area (Å²) in [6.07, 6.45) is 0. The first-order valence-corrected chi connectivity index (χ1v) is 7.69. The number of carbonyl (C=O) groups is 1. The average molecular weight is 341 g/mol. The van der Waals surface area contributed by atoms with E-state index in [1.165, 1.54) is 12.1 Å². The van der Waals surface area contributed by atoms with Crippen molar-refractivity contribution < 1.29 is 13.9 Å². The Hall–Kier alpha value is -3.35. The van der Waals surface area contributed by atoms with Gasteiger partial charge in [-0.3, -0.25) is 4.79 Å². The summed E-state index contributed by atoms with van der Waals surface area (Å²) in [7, 11) is 0. The Kier molecular flexibility index (Phi) is 4.65. The van der Waals surface area contributed by atoms with E-state index in [1.54, 1.807) is 30.3 Å². The number of carbonyl (C=O) groups excluding carboxylic acids is 1. The minimum absolute atomic E-state index is 0.0974. The first-order valence-electron chi connectivity index (χ1n) is 7.69. The van der Waals surface area contributed by atoms with Gasteiger partial charge in [-0.2, -0.15) is 0 Å². The second-order valence-electron chi connectivity index (χ2n) is 5.25. The number of fused-ring (bicyclic) bond motifs is 1. The highest BCUT2D eigenvalue weighted by atomic mass is 19.1. The van der Waals surface area contributed by atoms with Crippen LogP contribution in [0.2, 0.25) is 0 Å². The van der Waals surface area contributed by atoms with Gasteiger partial charge in [0.05, 0.1) is 17.8 Å². The van der Waals surface area contributed by atoms with Crippen LogP contribution in [-0.2, 0) is 0 Å². The maximum absolute atomic E-state index is 14.1. The van der Waals surface area contributed by atoms with Gasteiger partial charge in [0.2, 0.25) is 5.56 Å². The van der Waals surface area contributed by atoms with Gasteiger partial charge < -0.3 is 20.4 Å². The fourth-order valence-electron chi connectivity index (χ4n) is 2.43. The van der Waals surface area contributed by atoms with Crippen molar-refractivity contribution in [3.05, 3.63) is 64.7 Å². The van der Waals surface area contributed by atoms with E-state index in [9.17, 15) is 14.0 Å². The molecule has 0 aliphatic heterocycles. The predicted octanol–water partition coefficient (Wildman–Crippen LogP) is 3.71. The number of hydrogen-bond acceptors (Lipinski definition) is 3. The van der Waals surface area contributed by atoms with Crippen LogP contribution in [0.5, 0.6) is 5.75 Å². The Morgan fingerprint density at radius 3 is 2.76 bits per heavy atom. The van der Waals surface area contributed by atoms with Crippen molar-refractivity contribution in [1.82, 2.24) is 4.98 Å². The molecule has 2 aromatic carbocycles. The molecule has 0 aliphatic carbocycles. The van der Waals surface area contributed by atoms with Crippen LogP contribution in [-0.4, -0.2) is 17.6 Å². The summed E-state index contributed by atoms with van der Waals surface area (Å²) in [5.74, 6) is -0.0809. The summed E-state index contributed by atoms with van der Waals surface area (Å²) in [4.78, 5) is 25.9. The molecule has 1 aromatic heterocycles. The van der Waals surface area contributed by atoms with E-state index in [4.69, 9.17) is 4.74 Å². The number of aromatic nitrogens is 1. The van der Waals surface area contributed by atoms with Crippen molar-refractivity contribution in [3.63, 3.8) is 0 Å². The molecule has 0 spiro atoms. The number of para-hydroxylation sites is 2. The molecule has 0 atom stereocenters. The Morgan fingerprint density at radius 2 is 1.96 bits per heavy atom. The second kappa shape index (κ2) is 7.04. The molecule has 3 rings (SSSR count).